The van der Waals surface area contributed by atoms with Crippen LogP contribution in [-0.2, 0) is 6.18 Å². The van der Waals surface area contributed by atoms with Crippen LogP contribution < -0.4 is 0 Å². The van der Waals surface area contributed by atoms with Gasteiger partial charge in [-0.15, -0.1) is 0 Å². The summed E-state index contributed by atoms with van der Waals surface area (Å²) in [6.45, 7) is 0. The normalized spacial score (nSPS) is 14.9. The Labute approximate surface area is 92.5 Å². The third-order valence-corrected chi connectivity index (χ3v) is 2.07. The van der Waals surface area contributed by atoms with Crippen molar-refractivity contribution in [1.82, 2.24) is 0 Å². The molecule has 1 atom stereocenters. The van der Waals surface area contributed by atoms with Gasteiger partial charge in [0.2, 0.25) is 0 Å². The second-order valence-corrected chi connectivity index (χ2v) is 3.57. The molecule has 0 fully saturated rings. The molecule has 1 unspecified atom stereocenters. The molecule has 0 aliphatic heterocycles. The Balaban J connectivity index is 2.96. The average Bonchev–Trinajstić information content (AvgIpc) is 2.14. The number of alkyl halides is 6. The lowest BCUT2D eigenvalue weighted by atomic mass is 10.1. The van der Waals surface area contributed by atoms with E-state index in [0.717, 1.165) is 12.1 Å². The molecule has 1 aromatic rings. The summed E-state index contributed by atoms with van der Waals surface area (Å²) in [5.74, 6) is 0. The second kappa shape index (κ2) is 4.18. The summed E-state index contributed by atoms with van der Waals surface area (Å²) in [7, 11) is 0. The molecule has 0 aromatic heterocycles. The van der Waals surface area contributed by atoms with Crippen molar-refractivity contribution in [2.24, 2.45) is 0 Å². The summed E-state index contributed by atoms with van der Waals surface area (Å²) in [6, 6.07) is 2.70. The summed E-state index contributed by atoms with van der Waals surface area (Å²) >= 11 is 4.54. The fraction of sp³-hybridized carbons (Fsp3) is 0.333. The number of aliphatic hydroxyl groups excluding tert-OH is 1. The average molecular weight is 261 g/mol. The molecule has 1 N–H and O–H groups in total. The Bertz CT molecular complexity index is 354. The second-order valence-electron chi connectivity index (χ2n) is 3.06. The molecule has 0 radical (unpaired) electrons. The molecule has 0 bridgehead atoms. The summed E-state index contributed by atoms with van der Waals surface area (Å²) in [5.41, 5.74) is -1.37. The number of halogens is 6. The molecular weight excluding hydrogens is 255 g/mol. The first-order valence-corrected chi connectivity index (χ1v) is 4.42. The van der Waals surface area contributed by atoms with Crippen molar-refractivity contribution in [3.05, 3.63) is 35.4 Å². The fourth-order valence-electron chi connectivity index (χ4n) is 1.04. The Morgan fingerprint density at radius 3 is 1.75 bits per heavy atom. The molecule has 1 nitrogen and oxygen atoms in total. The molecule has 0 amide bonds. The lowest BCUT2D eigenvalue weighted by Crippen LogP contribution is -2.19. The van der Waals surface area contributed by atoms with Gasteiger partial charge in [0.05, 0.1) is 5.56 Å². The van der Waals surface area contributed by atoms with E-state index in [1.54, 1.807) is 0 Å². The number of rotatable bonds is 2. The van der Waals surface area contributed by atoms with Gasteiger partial charge in [0, 0.05) is 0 Å². The van der Waals surface area contributed by atoms with Gasteiger partial charge in [-0.25, -0.2) is 0 Å². The van der Waals surface area contributed by atoms with Gasteiger partial charge >= 0.3 is 11.6 Å². The molecule has 0 heterocycles. The van der Waals surface area contributed by atoms with E-state index in [1.807, 2.05) is 0 Å². The van der Waals surface area contributed by atoms with Crippen LogP contribution in [0.2, 0.25) is 0 Å². The van der Waals surface area contributed by atoms with Crippen LogP contribution in [0, 0.1) is 0 Å². The van der Waals surface area contributed by atoms with Crippen molar-refractivity contribution in [1.29, 1.82) is 0 Å². The van der Waals surface area contributed by atoms with E-state index in [1.165, 1.54) is 0 Å². The fourth-order valence-corrected chi connectivity index (χ4v) is 1.17. The van der Waals surface area contributed by atoms with Gasteiger partial charge in [0.15, 0.2) is 6.10 Å². The Hall–Kier alpha value is -0.880. The van der Waals surface area contributed by atoms with Crippen LogP contribution in [0.25, 0.3) is 0 Å². The van der Waals surface area contributed by atoms with Gasteiger partial charge < -0.3 is 5.11 Å². The molecule has 90 valence electrons. The number of hydrogen-bond acceptors (Lipinski definition) is 1. The van der Waals surface area contributed by atoms with Gasteiger partial charge in [-0.3, -0.25) is 0 Å². The van der Waals surface area contributed by atoms with Gasteiger partial charge in [0.1, 0.15) is 0 Å². The van der Waals surface area contributed by atoms with E-state index in [0.29, 0.717) is 12.1 Å². The molecule has 0 aliphatic carbocycles. The highest BCUT2D eigenvalue weighted by Crippen LogP contribution is 2.36. The highest BCUT2D eigenvalue weighted by Gasteiger charge is 2.37. The monoisotopic (exact) mass is 260 g/mol. The molecule has 16 heavy (non-hydrogen) atoms. The van der Waals surface area contributed by atoms with E-state index in [-0.39, 0.29) is 5.56 Å². The van der Waals surface area contributed by atoms with Gasteiger partial charge in [-0.05, 0) is 29.3 Å². The largest absolute Gasteiger partial charge is 0.416 e. The van der Waals surface area contributed by atoms with Crippen LogP contribution in [0.15, 0.2) is 24.3 Å². The molecule has 0 spiro atoms. The standard InChI is InChI=1S/C9H6ClF5O/c10-8(11,12)7(16)5-1-3-6(4-2-5)9(13,14)15/h1-4,7,16H. The van der Waals surface area contributed by atoms with E-state index < -0.39 is 23.2 Å². The van der Waals surface area contributed by atoms with Crippen LogP contribution in [0.3, 0.4) is 0 Å². The van der Waals surface area contributed by atoms with Crippen molar-refractivity contribution in [2.75, 3.05) is 0 Å². The van der Waals surface area contributed by atoms with Crippen molar-refractivity contribution in [3.8, 4) is 0 Å². The van der Waals surface area contributed by atoms with Gasteiger partial charge in [-0.1, -0.05) is 12.1 Å². The van der Waals surface area contributed by atoms with Crippen molar-refractivity contribution >= 4 is 11.6 Å². The predicted molar refractivity (Wildman–Crippen MR) is 47.2 cm³/mol. The van der Waals surface area contributed by atoms with Crippen LogP contribution in [0.4, 0.5) is 22.0 Å². The van der Waals surface area contributed by atoms with E-state index in [9.17, 15) is 22.0 Å². The van der Waals surface area contributed by atoms with Crippen molar-refractivity contribution in [3.63, 3.8) is 0 Å². The minimum atomic E-state index is -4.55. The maximum Gasteiger partial charge on any atom is 0.416 e. The molecule has 0 aliphatic rings. The quantitative estimate of drug-likeness (QED) is 0.637. The zero-order chi connectivity index (χ0) is 12.6. The number of aliphatic hydroxyl groups is 1. The van der Waals surface area contributed by atoms with Crippen LogP contribution in [-0.4, -0.2) is 10.5 Å². The molecule has 0 saturated carbocycles. The van der Waals surface area contributed by atoms with Crippen molar-refractivity contribution in [2.45, 2.75) is 17.7 Å². The Kier molecular flexibility index (Phi) is 3.44. The summed E-state index contributed by atoms with van der Waals surface area (Å²) in [4.78, 5) is 0. The predicted octanol–water partition coefficient (Wildman–Crippen LogP) is 3.57. The molecular formula is C9H6ClF5O. The Morgan fingerprint density at radius 2 is 1.44 bits per heavy atom. The molecule has 0 saturated heterocycles. The zero-order valence-corrected chi connectivity index (χ0v) is 8.36. The van der Waals surface area contributed by atoms with E-state index in [4.69, 9.17) is 5.11 Å². The minimum Gasteiger partial charge on any atom is -0.381 e. The maximum absolute atomic E-state index is 12.4. The molecule has 1 aromatic carbocycles. The minimum absolute atomic E-state index is 0.381. The summed E-state index contributed by atoms with van der Waals surface area (Å²) < 4.78 is 61.2. The first-order chi connectivity index (χ1) is 7.12. The SMILES string of the molecule is OC(c1ccc(C(F)(F)F)cc1)C(F)(F)Cl. The number of benzene rings is 1. The topological polar surface area (TPSA) is 20.2 Å². The molecule has 7 heteroatoms. The third-order valence-electron chi connectivity index (χ3n) is 1.86. The van der Waals surface area contributed by atoms with Crippen LogP contribution >= 0.6 is 11.6 Å². The van der Waals surface area contributed by atoms with Crippen LogP contribution in [0.5, 0.6) is 0 Å². The Morgan fingerprint density at radius 1 is 1.00 bits per heavy atom. The third kappa shape index (κ3) is 3.05. The first-order valence-electron chi connectivity index (χ1n) is 4.04. The van der Waals surface area contributed by atoms with Crippen LogP contribution in [0.1, 0.15) is 17.2 Å². The van der Waals surface area contributed by atoms with E-state index in [2.05, 4.69) is 11.6 Å². The maximum atomic E-state index is 12.4. The smallest absolute Gasteiger partial charge is 0.381 e. The summed E-state index contributed by atoms with van der Waals surface area (Å²) in [5, 5.41) is 5.07. The highest BCUT2D eigenvalue weighted by atomic mass is 35.5. The zero-order valence-electron chi connectivity index (χ0n) is 7.60. The molecule has 1 rings (SSSR count). The first kappa shape index (κ1) is 13.2. The highest BCUT2D eigenvalue weighted by molar-refractivity contribution is 6.22. The van der Waals surface area contributed by atoms with Gasteiger partial charge in [-0.2, -0.15) is 22.0 Å². The lowest BCUT2D eigenvalue weighted by molar-refractivity contribution is -0.137. The number of hydrogen-bond donors (Lipinski definition) is 1. The lowest BCUT2D eigenvalue weighted by Gasteiger charge is -2.16. The van der Waals surface area contributed by atoms with E-state index >= 15 is 0 Å². The van der Waals surface area contributed by atoms with Crippen molar-refractivity contribution < 1.29 is 27.1 Å². The summed E-state index contributed by atoms with van der Waals surface area (Å²) in [6.07, 6.45) is -6.89. The van der Waals surface area contributed by atoms with Gasteiger partial charge in [0.25, 0.3) is 0 Å².